The van der Waals surface area contributed by atoms with Gasteiger partial charge in [0.15, 0.2) is 0 Å². The van der Waals surface area contributed by atoms with Crippen LogP contribution in [0.4, 0.5) is 0 Å². The number of hydrogen-bond donors (Lipinski definition) is 1. The van der Waals surface area contributed by atoms with Crippen molar-refractivity contribution in [3.05, 3.63) is 45.0 Å². The molecule has 0 bridgehead atoms. The van der Waals surface area contributed by atoms with E-state index in [-0.39, 0.29) is 0 Å². The van der Waals surface area contributed by atoms with Gasteiger partial charge in [0.25, 0.3) is 0 Å². The van der Waals surface area contributed by atoms with Gasteiger partial charge in [-0.25, -0.2) is 0 Å². The van der Waals surface area contributed by atoms with Crippen LogP contribution >= 0.6 is 27.3 Å². The van der Waals surface area contributed by atoms with Crippen LogP contribution in [0.2, 0.25) is 0 Å². The molecule has 0 radical (unpaired) electrons. The number of thiophene rings is 1. The summed E-state index contributed by atoms with van der Waals surface area (Å²) in [7, 11) is 0. The van der Waals surface area contributed by atoms with Crippen molar-refractivity contribution in [2.45, 2.75) is 13.0 Å². The van der Waals surface area contributed by atoms with Gasteiger partial charge in [0.2, 0.25) is 0 Å². The predicted molar refractivity (Wildman–Crippen MR) is 66.1 cm³/mol. The van der Waals surface area contributed by atoms with E-state index in [0.717, 1.165) is 25.3 Å². The minimum atomic E-state index is 0.919. The third-order valence-corrected chi connectivity index (χ3v) is 3.63. The Bertz CT molecular complexity index is 396. The molecule has 2 rings (SSSR count). The van der Waals surface area contributed by atoms with Gasteiger partial charge in [0.05, 0.1) is 10.0 Å². The molecule has 2 aromatic heterocycles. The second-order valence-corrected chi connectivity index (χ2v) is 5.56. The van der Waals surface area contributed by atoms with Crippen LogP contribution in [-0.4, -0.2) is 6.54 Å². The summed E-state index contributed by atoms with van der Waals surface area (Å²) in [5, 5.41) is 5.54. The topological polar surface area (TPSA) is 25.2 Å². The molecule has 15 heavy (non-hydrogen) atoms. The molecule has 0 unspecified atom stereocenters. The fraction of sp³-hybridized carbons (Fsp3) is 0.273. The zero-order valence-corrected chi connectivity index (χ0v) is 10.6. The zero-order valence-electron chi connectivity index (χ0n) is 8.20. The summed E-state index contributed by atoms with van der Waals surface area (Å²) in [6.45, 7) is 1.86. The first-order valence-electron chi connectivity index (χ1n) is 4.80. The van der Waals surface area contributed by atoms with Gasteiger partial charge in [0, 0.05) is 19.5 Å². The average molecular weight is 286 g/mol. The molecule has 0 saturated heterocycles. The summed E-state index contributed by atoms with van der Waals surface area (Å²) in [5.74, 6) is 1.04. The fourth-order valence-electron chi connectivity index (χ4n) is 1.34. The highest BCUT2D eigenvalue weighted by atomic mass is 79.9. The standard InChI is InChI=1S/C11H12BrNOS/c12-11-6-9(8-15-11)7-13-4-3-10-2-1-5-14-10/h1-2,5-6,8,13H,3-4,7H2. The lowest BCUT2D eigenvalue weighted by Gasteiger charge is -2.00. The van der Waals surface area contributed by atoms with Gasteiger partial charge >= 0.3 is 0 Å². The second-order valence-electron chi connectivity index (χ2n) is 3.27. The molecular formula is C11H12BrNOS. The molecule has 80 valence electrons. The summed E-state index contributed by atoms with van der Waals surface area (Å²) in [6.07, 6.45) is 2.66. The highest BCUT2D eigenvalue weighted by Crippen LogP contribution is 2.20. The molecule has 0 aliphatic heterocycles. The molecule has 0 amide bonds. The minimum absolute atomic E-state index is 0.919. The molecular weight excluding hydrogens is 274 g/mol. The quantitative estimate of drug-likeness (QED) is 0.852. The molecule has 2 nitrogen and oxygen atoms in total. The van der Waals surface area contributed by atoms with Crippen LogP contribution < -0.4 is 5.32 Å². The summed E-state index contributed by atoms with van der Waals surface area (Å²) in [6, 6.07) is 6.07. The van der Waals surface area contributed by atoms with E-state index < -0.39 is 0 Å². The highest BCUT2D eigenvalue weighted by molar-refractivity contribution is 9.11. The highest BCUT2D eigenvalue weighted by Gasteiger charge is 1.98. The number of halogens is 1. The largest absolute Gasteiger partial charge is 0.469 e. The van der Waals surface area contributed by atoms with E-state index in [9.17, 15) is 0 Å². The molecule has 0 spiro atoms. The van der Waals surface area contributed by atoms with Gasteiger partial charge < -0.3 is 9.73 Å². The van der Waals surface area contributed by atoms with Gasteiger partial charge in [-0.05, 0) is 45.1 Å². The summed E-state index contributed by atoms with van der Waals surface area (Å²) >= 11 is 5.17. The van der Waals surface area contributed by atoms with Crippen molar-refractivity contribution in [1.29, 1.82) is 0 Å². The molecule has 0 aliphatic carbocycles. The Morgan fingerprint density at radius 3 is 3.07 bits per heavy atom. The molecule has 0 saturated carbocycles. The van der Waals surface area contributed by atoms with Crippen LogP contribution in [0.15, 0.2) is 38.0 Å². The molecule has 0 atom stereocenters. The lowest BCUT2D eigenvalue weighted by molar-refractivity contribution is 0.499. The van der Waals surface area contributed by atoms with E-state index in [1.807, 2.05) is 12.1 Å². The number of nitrogens with one attached hydrogen (secondary N) is 1. The smallest absolute Gasteiger partial charge is 0.105 e. The monoisotopic (exact) mass is 285 g/mol. The van der Waals surface area contributed by atoms with Gasteiger partial charge in [-0.1, -0.05) is 0 Å². The van der Waals surface area contributed by atoms with E-state index in [2.05, 4.69) is 32.7 Å². The van der Waals surface area contributed by atoms with Crippen molar-refractivity contribution < 1.29 is 4.42 Å². The number of furan rings is 1. The zero-order chi connectivity index (χ0) is 10.5. The SMILES string of the molecule is Brc1cc(CNCCc2ccco2)cs1. The van der Waals surface area contributed by atoms with Gasteiger partial charge in [0.1, 0.15) is 5.76 Å². The Morgan fingerprint density at radius 1 is 1.47 bits per heavy atom. The fourth-order valence-corrected chi connectivity index (χ4v) is 2.55. The molecule has 2 aromatic rings. The van der Waals surface area contributed by atoms with Crippen molar-refractivity contribution in [2.75, 3.05) is 6.54 Å². The maximum Gasteiger partial charge on any atom is 0.105 e. The minimum Gasteiger partial charge on any atom is -0.469 e. The Labute approximate surface area is 101 Å². The van der Waals surface area contributed by atoms with Gasteiger partial charge in [-0.15, -0.1) is 11.3 Å². The second kappa shape index (κ2) is 5.49. The predicted octanol–water partition coefficient (Wildman–Crippen LogP) is 3.44. The van der Waals surface area contributed by atoms with Crippen molar-refractivity contribution in [3.63, 3.8) is 0 Å². The lowest BCUT2D eigenvalue weighted by Crippen LogP contribution is -2.15. The Morgan fingerprint density at radius 2 is 2.40 bits per heavy atom. The molecule has 2 heterocycles. The van der Waals surface area contributed by atoms with Gasteiger partial charge in [-0.3, -0.25) is 0 Å². The van der Waals surface area contributed by atoms with Crippen LogP contribution in [0, 0.1) is 0 Å². The maximum atomic E-state index is 5.24. The molecule has 4 heteroatoms. The van der Waals surface area contributed by atoms with Crippen molar-refractivity contribution in [3.8, 4) is 0 Å². The average Bonchev–Trinajstić information content (AvgIpc) is 2.84. The first-order valence-corrected chi connectivity index (χ1v) is 6.48. The Balaban J connectivity index is 1.67. The van der Waals surface area contributed by atoms with Crippen LogP contribution in [-0.2, 0) is 13.0 Å². The number of rotatable bonds is 5. The molecule has 1 N–H and O–H groups in total. The van der Waals surface area contributed by atoms with E-state index in [0.29, 0.717) is 0 Å². The molecule has 0 aliphatic rings. The van der Waals surface area contributed by atoms with Crippen LogP contribution in [0.3, 0.4) is 0 Å². The summed E-state index contributed by atoms with van der Waals surface area (Å²) in [5.41, 5.74) is 1.33. The van der Waals surface area contributed by atoms with Crippen LogP contribution in [0.25, 0.3) is 0 Å². The third kappa shape index (κ3) is 3.48. The molecule has 0 aromatic carbocycles. The summed E-state index contributed by atoms with van der Waals surface area (Å²) < 4.78 is 6.43. The molecule has 0 fully saturated rings. The van der Waals surface area contributed by atoms with E-state index in [4.69, 9.17) is 4.42 Å². The van der Waals surface area contributed by atoms with E-state index in [1.165, 1.54) is 9.35 Å². The van der Waals surface area contributed by atoms with Crippen LogP contribution in [0.1, 0.15) is 11.3 Å². The maximum absolute atomic E-state index is 5.24. The van der Waals surface area contributed by atoms with E-state index >= 15 is 0 Å². The first kappa shape index (κ1) is 10.9. The van der Waals surface area contributed by atoms with Crippen LogP contribution in [0.5, 0.6) is 0 Å². The lowest BCUT2D eigenvalue weighted by atomic mass is 10.3. The third-order valence-electron chi connectivity index (χ3n) is 2.08. The van der Waals surface area contributed by atoms with Crippen molar-refractivity contribution in [1.82, 2.24) is 5.32 Å². The summed E-state index contributed by atoms with van der Waals surface area (Å²) in [4.78, 5) is 0. The first-order chi connectivity index (χ1) is 7.34. The Kier molecular flexibility index (Phi) is 4.00. The number of hydrogen-bond acceptors (Lipinski definition) is 3. The van der Waals surface area contributed by atoms with E-state index in [1.54, 1.807) is 17.6 Å². The Hall–Kier alpha value is -0.580. The van der Waals surface area contributed by atoms with Crippen molar-refractivity contribution in [2.24, 2.45) is 0 Å². The van der Waals surface area contributed by atoms with Gasteiger partial charge in [-0.2, -0.15) is 0 Å². The van der Waals surface area contributed by atoms with Crippen molar-refractivity contribution >= 4 is 27.3 Å². The normalized spacial score (nSPS) is 10.7.